The zero-order valence-corrected chi connectivity index (χ0v) is 16.6. The average molecular weight is 425 g/mol. The van der Waals surface area contributed by atoms with Gasteiger partial charge in [-0.15, -0.1) is 10.2 Å². The molecule has 10 heteroatoms. The number of halogens is 1. The molecular formula is C20H16FN5O3S. The maximum Gasteiger partial charge on any atom is 0.300 e. The summed E-state index contributed by atoms with van der Waals surface area (Å²) in [6.07, 6.45) is 3.24. The largest absolute Gasteiger partial charge is 0.497 e. The van der Waals surface area contributed by atoms with Crippen LogP contribution in [0.1, 0.15) is 0 Å². The van der Waals surface area contributed by atoms with Gasteiger partial charge in [0, 0.05) is 18.5 Å². The Morgan fingerprint density at radius 1 is 1.17 bits per heavy atom. The van der Waals surface area contributed by atoms with Crippen molar-refractivity contribution in [2.45, 2.75) is 5.16 Å². The summed E-state index contributed by atoms with van der Waals surface area (Å²) >= 11 is 1.09. The van der Waals surface area contributed by atoms with Gasteiger partial charge >= 0.3 is 5.56 Å². The van der Waals surface area contributed by atoms with Gasteiger partial charge in [-0.05, 0) is 24.3 Å². The van der Waals surface area contributed by atoms with E-state index in [1.165, 1.54) is 21.1 Å². The van der Waals surface area contributed by atoms with Crippen LogP contribution in [0.2, 0.25) is 0 Å². The molecule has 2 aromatic heterocycles. The number of ether oxygens (including phenoxy) is 1. The third-order valence-electron chi connectivity index (χ3n) is 4.25. The number of carbonyl (C=O) groups excluding carboxylic acids is 1. The number of benzene rings is 2. The maximum absolute atomic E-state index is 13.6. The number of carbonyl (C=O) groups is 1. The summed E-state index contributed by atoms with van der Waals surface area (Å²) in [4.78, 5) is 25.0. The van der Waals surface area contributed by atoms with Crippen LogP contribution in [-0.2, 0) is 4.79 Å². The van der Waals surface area contributed by atoms with Crippen LogP contribution in [0.5, 0.6) is 5.75 Å². The number of nitrogens with zero attached hydrogens (tertiary/aromatic N) is 4. The van der Waals surface area contributed by atoms with Crippen LogP contribution in [0.15, 0.2) is 70.9 Å². The number of para-hydroxylation sites is 1. The quantitative estimate of drug-likeness (QED) is 0.478. The Kier molecular flexibility index (Phi) is 5.48. The van der Waals surface area contributed by atoms with Gasteiger partial charge in [0.1, 0.15) is 11.6 Å². The summed E-state index contributed by atoms with van der Waals surface area (Å²) in [5, 5.41) is 10.8. The Hall–Kier alpha value is -3.66. The Bertz CT molecular complexity index is 1290. The molecule has 0 fully saturated rings. The highest BCUT2D eigenvalue weighted by Crippen LogP contribution is 2.19. The SMILES string of the molecule is COc1cccc(-n2ccn3c(SCC(=O)Nc4ccccc4F)nnc3c2=O)c1. The Morgan fingerprint density at radius 3 is 2.80 bits per heavy atom. The van der Waals surface area contributed by atoms with Crippen molar-refractivity contribution < 1.29 is 13.9 Å². The van der Waals surface area contributed by atoms with Crippen molar-refractivity contribution >= 4 is 29.0 Å². The van der Waals surface area contributed by atoms with Crippen molar-refractivity contribution in [3.8, 4) is 11.4 Å². The number of methoxy groups -OCH3 is 1. The first kappa shape index (κ1) is 19.6. The second-order valence-corrected chi connectivity index (χ2v) is 7.11. The van der Waals surface area contributed by atoms with Crippen LogP contribution < -0.4 is 15.6 Å². The second kappa shape index (κ2) is 8.37. The van der Waals surface area contributed by atoms with Gasteiger partial charge in [0.25, 0.3) is 0 Å². The van der Waals surface area contributed by atoms with E-state index in [2.05, 4.69) is 15.5 Å². The van der Waals surface area contributed by atoms with Gasteiger partial charge in [0.05, 0.1) is 24.2 Å². The minimum atomic E-state index is -0.512. The predicted molar refractivity (Wildman–Crippen MR) is 111 cm³/mol. The molecule has 0 atom stereocenters. The number of nitrogens with one attached hydrogen (secondary N) is 1. The smallest absolute Gasteiger partial charge is 0.300 e. The van der Waals surface area contributed by atoms with Crippen LogP contribution in [0.25, 0.3) is 11.3 Å². The summed E-state index contributed by atoms with van der Waals surface area (Å²) in [7, 11) is 1.55. The van der Waals surface area contributed by atoms with Gasteiger partial charge in [-0.25, -0.2) is 4.39 Å². The molecular weight excluding hydrogens is 409 g/mol. The Morgan fingerprint density at radius 2 is 2.00 bits per heavy atom. The van der Waals surface area contributed by atoms with Crippen molar-refractivity contribution in [3.05, 3.63) is 77.1 Å². The van der Waals surface area contributed by atoms with Crippen LogP contribution in [0.4, 0.5) is 10.1 Å². The molecule has 2 aromatic carbocycles. The topological polar surface area (TPSA) is 90.5 Å². The molecule has 4 aromatic rings. The van der Waals surface area contributed by atoms with E-state index in [1.807, 2.05) is 0 Å². The monoisotopic (exact) mass is 425 g/mol. The Labute approximate surface area is 174 Å². The van der Waals surface area contributed by atoms with E-state index in [-0.39, 0.29) is 22.6 Å². The van der Waals surface area contributed by atoms with E-state index >= 15 is 0 Å². The minimum Gasteiger partial charge on any atom is -0.497 e. The normalized spacial score (nSPS) is 10.9. The summed E-state index contributed by atoms with van der Waals surface area (Å²) < 4.78 is 21.8. The fourth-order valence-corrected chi connectivity index (χ4v) is 3.52. The number of amides is 1. The molecule has 0 aliphatic heterocycles. The zero-order valence-electron chi connectivity index (χ0n) is 15.8. The van der Waals surface area contributed by atoms with Gasteiger partial charge in [0.15, 0.2) is 5.16 Å². The zero-order chi connectivity index (χ0) is 21.1. The predicted octanol–water partition coefficient (Wildman–Crippen LogP) is 2.76. The van der Waals surface area contributed by atoms with Crippen molar-refractivity contribution in [3.63, 3.8) is 0 Å². The fourth-order valence-electron chi connectivity index (χ4n) is 2.81. The van der Waals surface area contributed by atoms with Gasteiger partial charge in [0.2, 0.25) is 11.6 Å². The molecule has 0 bridgehead atoms. The van der Waals surface area contributed by atoms with E-state index in [0.717, 1.165) is 11.8 Å². The molecule has 152 valence electrons. The third kappa shape index (κ3) is 3.90. The van der Waals surface area contributed by atoms with Gasteiger partial charge < -0.3 is 10.1 Å². The molecule has 2 heterocycles. The first-order valence-corrected chi connectivity index (χ1v) is 9.83. The molecule has 0 aliphatic carbocycles. The number of aromatic nitrogens is 4. The standard InChI is InChI=1S/C20H16FN5O3S/c1-29-14-6-4-5-13(11-14)25-9-10-26-18(19(25)28)23-24-20(26)30-12-17(27)22-16-8-3-2-7-15(16)21/h2-11H,12H2,1H3,(H,22,27). The van der Waals surface area contributed by atoms with Crippen LogP contribution in [0, 0.1) is 5.82 Å². The van der Waals surface area contributed by atoms with Crippen molar-refractivity contribution in [2.75, 3.05) is 18.2 Å². The van der Waals surface area contributed by atoms with Gasteiger partial charge in [-0.1, -0.05) is 30.0 Å². The number of rotatable bonds is 6. The summed E-state index contributed by atoms with van der Waals surface area (Å²) in [6.45, 7) is 0. The molecule has 1 N–H and O–H groups in total. The van der Waals surface area contributed by atoms with E-state index < -0.39 is 11.7 Å². The van der Waals surface area contributed by atoms with Crippen molar-refractivity contribution in [1.29, 1.82) is 0 Å². The third-order valence-corrected chi connectivity index (χ3v) is 5.19. The summed E-state index contributed by atoms with van der Waals surface area (Å²) in [5.41, 5.74) is 0.497. The minimum absolute atomic E-state index is 0.0197. The van der Waals surface area contributed by atoms with Crippen LogP contribution >= 0.6 is 11.8 Å². The first-order valence-electron chi connectivity index (χ1n) is 8.85. The van der Waals surface area contributed by atoms with Crippen molar-refractivity contribution in [2.24, 2.45) is 0 Å². The average Bonchev–Trinajstić information content (AvgIpc) is 3.18. The van der Waals surface area contributed by atoms with E-state index in [0.29, 0.717) is 16.6 Å². The number of hydrogen-bond acceptors (Lipinski definition) is 6. The summed E-state index contributed by atoms with van der Waals surface area (Å²) in [6, 6.07) is 13.0. The lowest BCUT2D eigenvalue weighted by atomic mass is 10.3. The van der Waals surface area contributed by atoms with E-state index in [1.54, 1.807) is 55.9 Å². The highest BCUT2D eigenvalue weighted by Gasteiger charge is 2.14. The molecule has 0 radical (unpaired) electrons. The lowest BCUT2D eigenvalue weighted by molar-refractivity contribution is -0.113. The van der Waals surface area contributed by atoms with Gasteiger partial charge in [-0.3, -0.25) is 18.6 Å². The fraction of sp³-hybridized carbons (Fsp3) is 0.100. The van der Waals surface area contributed by atoms with Gasteiger partial charge in [-0.2, -0.15) is 0 Å². The van der Waals surface area contributed by atoms with Crippen molar-refractivity contribution in [1.82, 2.24) is 19.2 Å². The maximum atomic E-state index is 13.6. The molecule has 1 amide bonds. The second-order valence-electron chi connectivity index (χ2n) is 6.17. The lowest BCUT2D eigenvalue weighted by Crippen LogP contribution is -2.20. The highest BCUT2D eigenvalue weighted by atomic mass is 32.2. The number of fused-ring (bicyclic) bond motifs is 1. The molecule has 0 aliphatic rings. The number of anilines is 1. The lowest BCUT2D eigenvalue weighted by Gasteiger charge is -2.08. The molecule has 0 spiro atoms. The molecule has 0 saturated heterocycles. The highest BCUT2D eigenvalue weighted by molar-refractivity contribution is 7.99. The van der Waals surface area contributed by atoms with Crippen LogP contribution in [-0.4, -0.2) is 37.9 Å². The molecule has 0 unspecified atom stereocenters. The molecule has 30 heavy (non-hydrogen) atoms. The number of hydrogen-bond donors (Lipinski definition) is 1. The molecule has 4 rings (SSSR count). The summed E-state index contributed by atoms with van der Waals surface area (Å²) in [5.74, 6) is -0.306. The first-order chi connectivity index (χ1) is 14.6. The van der Waals surface area contributed by atoms with E-state index in [4.69, 9.17) is 4.74 Å². The Balaban J connectivity index is 1.54. The molecule has 0 saturated carbocycles. The molecule has 8 nitrogen and oxygen atoms in total. The van der Waals surface area contributed by atoms with Crippen LogP contribution in [0.3, 0.4) is 0 Å². The number of thioether (sulfide) groups is 1. The van der Waals surface area contributed by atoms with E-state index in [9.17, 15) is 14.0 Å².